The van der Waals surface area contributed by atoms with E-state index in [0.29, 0.717) is 18.1 Å². The third-order valence-electron chi connectivity index (χ3n) is 3.86. The minimum absolute atomic E-state index is 0.0228. The predicted molar refractivity (Wildman–Crippen MR) is 102 cm³/mol. The zero-order valence-electron chi connectivity index (χ0n) is 13.6. The molecule has 0 spiro atoms. The number of fused-ring (bicyclic) bond motifs is 1. The van der Waals surface area contributed by atoms with Crippen LogP contribution in [0.5, 0.6) is 0 Å². The van der Waals surface area contributed by atoms with Crippen LogP contribution in [-0.4, -0.2) is 10.9 Å². The van der Waals surface area contributed by atoms with Crippen LogP contribution in [0.4, 0.5) is 5.13 Å². The molecule has 1 amide bonds. The van der Waals surface area contributed by atoms with Gasteiger partial charge in [0.2, 0.25) is 5.91 Å². The number of hydrogen-bond acceptors (Lipinski definition) is 5. The normalized spacial score (nSPS) is 11.1. The number of carbonyl (C=O) groups excluding carboxylic acids is 1. The van der Waals surface area contributed by atoms with Gasteiger partial charge in [0.15, 0.2) is 5.13 Å². The highest BCUT2D eigenvalue weighted by atomic mass is 32.1. The first-order valence-electron chi connectivity index (χ1n) is 7.91. The van der Waals surface area contributed by atoms with Gasteiger partial charge in [-0.1, -0.05) is 23.5 Å². The molecule has 0 aliphatic heterocycles. The predicted octanol–water partition coefficient (Wildman–Crippen LogP) is 5.04. The molecule has 3 heterocycles. The molecule has 1 aromatic carbocycles. The molecule has 0 fully saturated rings. The number of rotatable bonds is 5. The Kier molecular flexibility index (Phi) is 4.38. The molecule has 0 N–H and O–H groups in total. The Morgan fingerprint density at radius 2 is 2.16 bits per heavy atom. The van der Waals surface area contributed by atoms with Gasteiger partial charge in [-0.05, 0) is 48.2 Å². The number of thiazole rings is 1. The van der Waals surface area contributed by atoms with Crippen LogP contribution in [0.15, 0.2) is 58.5 Å². The molecule has 0 aliphatic rings. The quantitative estimate of drug-likeness (QED) is 0.496. The molecule has 4 aromatic rings. The topological polar surface area (TPSA) is 46.3 Å². The van der Waals surface area contributed by atoms with Crippen molar-refractivity contribution in [2.75, 3.05) is 4.90 Å². The monoisotopic (exact) mass is 368 g/mol. The molecular weight excluding hydrogens is 352 g/mol. The summed E-state index contributed by atoms with van der Waals surface area (Å²) in [5, 5.41) is 2.69. The second-order valence-electron chi connectivity index (χ2n) is 5.78. The maximum absolute atomic E-state index is 12.9. The van der Waals surface area contributed by atoms with Gasteiger partial charge in [0.25, 0.3) is 0 Å². The van der Waals surface area contributed by atoms with E-state index in [-0.39, 0.29) is 5.91 Å². The van der Waals surface area contributed by atoms with Gasteiger partial charge < -0.3 is 4.42 Å². The molecule has 6 heteroatoms. The first-order chi connectivity index (χ1) is 12.2. The second-order valence-corrected chi connectivity index (χ2v) is 7.82. The largest absolute Gasteiger partial charge is 0.467 e. The van der Waals surface area contributed by atoms with Crippen molar-refractivity contribution in [1.82, 2.24) is 4.98 Å². The van der Waals surface area contributed by atoms with Gasteiger partial charge >= 0.3 is 0 Å². The number of anilines is 1. The lowest BCUT2D eigenvalue weighted by Gasteiger charge is -2.18. The minimum atomic E-state index is 0.0228. The Morgan fingerprint density at radius 1 is 1.24 bits per heavy atom. The lowest BCUT2D eigenvalue weighted by Crippen LogP contribution is -2.31. The Balaban J connectivity index is 1.68. The lowest BCUT2D eigenvalue weighted by atomic mass is 10.2. The fourth-order valence-electron chi connectivity index (χ4n) is 2.61. The Morgan fingerprint density at radius 3 is 2.92 bits per heavy atom. The molecule has 0 atom stereocenters. The number of aryl methyl sites for hydroxylation is 1. The van der Waals surface area contributed by atoms with Crippen LogP contribution < -0.4 is 4.90 Å². The maximum Gasteiger partial charge on any atom is 0.234 e. The van der Waals surface area contributed by atoms with Gasteiger partial charge in [-0.2, -0.15) is 0 Å². The van der Waals surface area contributed by atoms with Crippen LogP contribution in [0.2, 0.25) is 0 Å². The Labute approximate surface area is 153 Å². The first-order valence-corrected chi connectivity index (χ1v) is 9.61. The summed E-state index contributed by atoms with van der Waals surface area (Å²) in [6, 6.07) is 13.8. The highest BCUT2D eigenvalue weighted by Crippen LogP contribution is 2.31. The standard InChI is InChI=1S/C19H16N2O2S2/c1-13-6-7-16-17(10-13)25-19(20-16)21(12-14-4-2-8-23-14)18(22)11-15-5-3-9-24-15/h2-10H,11-12H2,1H3. The van der Waals surface area contributed by atoms with Gasteiger partial charge in [-0.3, -0.25) is 9.69 Å². The van der Waals surface area contributed by atoms with E-state index >= 15 is 0 Å². The highest BCUT2D eigenvalue weighted by molar-refractivity contribution is 7.22. The third-order valence-corrected chi connectivity index (χ3v) is 5.78. The molecule has 4 rings (SSSR count). The summed E-state index contributed by atoms with van der Waals surface area (Å²) in [6.45, 7) is 2.44. The number of aromatic nitrogens is 1. The average Bonchev–Trinajstić information content (AvgIpc) is 3.33. The number of benzene rings is 1. The number of carbonyl (C=O) groups is 1. The molecule has 126 valence electrons. The van der Waals surface area contributed by atoms with Crippen molar-refractivity contribution in [3.63, 3.8) is 0 Å². The number of hydrogen-bond donors (Lipinski definition) is 0. The summed E-state index contributed by atoms with van der Waals surface area (Å²) in [5.74, 6) is 0.768. The van der Waals surface area contributed by atoms with Crippen molar-refractivity contribution in [2.45, 2.75) is 19.9 Å². The van der Waals surface area contributed by atoms with Crippen molar-refractivity contribution in [3.8, 4) is 0 Å². The molecule has 25 heavy (non-hydrogen) atoms. The fourth-order valence-corrected chi connectivity index (χ4v) is 4.39. The van der Waals surface area contributed by atoms with Gasteiger partial charge in [0, 0.05) is 4.88 Å². The number of thiophene rings is 1. The highest BCUT2D eigenvalue weighted by Gasteiger charge is 2.21. The van der Waals surface area contributed by atoms with E-state index in [0.717, 1.165) is 20.9 Å². The van der Waals surface area contributed by atoms with E-state index in [1.54, 1.807) is 22.5 Å². The Hall–Kier alpha value is -2.44. The van der Waals surface area contributed by atoms with Crippen LogP contribution in [-0.2, 0) is 17.8 Å². The average molecular weight is 368 g/mol. The van der Waals surface area contributed by atoms with Gasteiger partial charge in [0.1, 0.15) is 5.76 Å². The molecule has 0 radical (unpaired) electrons. The van der Waals surface area contributed by atoms with E-state index in [4.69, 9.17) is 4.42 Å². The molecule has 0 bridgehead atoms. The fraction of sp³-hybridized carbons (Fsp3) is 0.158. The number of nitrogens with zero attached hydrogens (tertiary/aromatic N) is 2. The van der Waals surface area contributed by atoms with E-state index in [2.05, 4.69) is 18.0 Å². The zero-order valence-corrected chi connectivity index (χ0v) is 15.3. The van der Waals surface area contributed by atoms with Crippen LogP contribution >= 0.6 is 22.7 Å². The van der Waals surface area contributed by atoms with E-state index < -0.39 is 0 Å². The van der Waals surface area contributed by atoms with Gasteiger partial charge in [0.05, 0.1) is 29.4 Å². The summed E-state index contributed by atoms with van der Waals surface area (Å²) in [5.41, 5.74) is 2.10. The zero-order chi connectivity index (χ0) is 17.2. The summed E-state index contributed by atoms with van der Waals surface area (Å²) in [4.78, 5) is 20.4. The molecule has 0 saturated carbocycles. The van der Waals surface area contributed by atoms with Crippen molar-refractivity contribution in [1.29, 1.82) is 0 Å². The van der Waals surface area contributed by atoms with Gasteiger partial charge in [-0.15, -0.1) is 11.3 Å². The first kappa shape index (κ1) is 16.1. The summed E-state index contributed by atoms with van der Waals surface area (Å²) in [7, 11) is 0. The van der Waals surface area contributed by atoms with Crippen LogP contribution in [0, 0.1) is 6.92 Å². The lowest BCUT2D eigenvalue weighted by molar-refractivity contribution is -0.118. The number of amides is 1. The van der Waals surface area contributed by atoms with E-state index in [9.17, 15) is 4.79 Å². The molecular formula is C19H16N2O2S2. The van der Waals surface area contributed by atoms with Gasteiger partial charge in [-0.25, -0.2) is 4.98 Å². The minimum Gasteiger partial charge on any atom is -0.467 e. The second kappa shape index (κ2) is 6.82. The van der Waals surface area contributed by atoms with Crippen LogP contribution in [0.25, 0.3) is 10.2 Å². The van der Waals surface area contributed by atoms with Crippen molar-refractivity contribution < 1.29 is 9.21 Å². The molecule has 0 aliphatic carbocycles. The summed E-state index contributed by atoms with van der Waals surface area (Å²) in [6.07, 6.45) is 1.99. The smallest absolute Gasteiger partial charge is 0.234 e. The number of furan rings is 1. The third kappa shape index (κ3) is 3.50. The molecule has 4 nitrogen and oxygen atoms in total. The van der Waals surface area contributed by atoms with Crippen molar-refractivity contribution in [3.05, 3.63) is 70.3 Å². The SMILES string of the molecule is Cc1ccc2nc(N(Cc3ccco3)C(=O)Cc3cccs3)sc2c1. The van der Waals surface area contributed by atoms with Crippen molar-refractivity contribution >= 4 is 43.9 Å². The van der Waals surface area contributed by atoms with E-state index in [1.165, 1.54) is 16.9 Å². The summed E-state index contributed by atoms with van der Waals surface area (Å²) >= 11 is 3.13. The van der Waals surface area contributed by atoms with Crippen molar-refractivity contribution in [2.24, 2.45) is 0 Å². The summed E-state index contributed by atoms with van der Waals surface area (Å²) < 4.78 is 6.54. The maximum atomic E-state index is 12.9. The molecule has 3 aromatic heterocycles. The van der Waals surface area contributed by atoms with E-state index in [1.807, 2.05) is 41.8 Å². The Bertz CT molecular complexity index is 988. The molecule has 0 saturated heterocycles. The van der Waals surface area contributed by atoms with Crippen LogP contribution in [0.1, 0.15) is 16.2 Å². The van der Waals surface area contributed by atoms with Crippen LogP contribution in [0.3, 0.4) is 0 Å². The molecule has 0 unspecified atom stereocenters.